The molecule has 150 valence electrons. The van der Waals surface area contributed by atoms with Gasteiger partial charge in [0.1, 0.15) is 16.4 Å². The van der Waals surface area contributed by atoms with Gasteiger partial charge in [0.25, 0.3) is 0 Å². The molecule has 0 bridgehead atoms. The smallest absolute Gasteiger partial charge is 0.171 e. The number of fused-ring (bicyclic) bond motifs is 1. The molecule has 0 unspecified atom stereocenters. The lowest BCUT2D eigenvalue weighted by Gasteiger charge is -2.37. The first kappa shape index (κ1) is 19.2. The first-order valence-corrected chi connectivity index (χ1v) is 10.3. The quantitative estimate of drug-likeness (QED) is 0.206. The van der Waals surface area contributed by atoms with Crippen LogP contribution in [-0.2, 0) is 5.54 Å². The van der Waals surface area contributed by atoms with Crippen LogP contribution < -0.4 is 0 Å². The number of carbonyl (C=O) groups is 1. The Kier molecular flexibility index (Phi) is 4.85. The summed E-state index contributed by atoms with van der Waals surface area (Å²) in [4.78, 5) is 16.1. The summed E-state index contributed by atoms with van der Waals surface area (Å²) in [7, 11) is 0. The van der Waals surface area contributed by atoms with Crippen LogP contribution in [0.2, 0.25) is 5.15 Å². The van der Waals surface area contributed by atoms with E-state index in [4.69, 9.17) is 16.7 Å². The van der Waals surface area contributed by atoms with Crippen molar-refractivity contribution in [2.45, 2.75) is 5.54 Å². The van der Waals surface area contributed by atoms with Crippen molar-refractivity contribution in [1.29, 1.82) is 0 Å². The molecule has 0 aliphatic carbocycles. The Labute approximate surface area is 184 Å². The highest BCUT2D eigenvalue weighted by molar-refractivity contribution is 6.30. The molecule has 2 aromatic heterocycles. The topological polar surface area (TPSA) is 47.8 Å². The zero-order valence-corrected chi connectivity index (χ0v) is 17.3. The van der Waals surface area contributed by atoms with E-state index in [9.17, 15) is 4.79 Å². The monoisotopic (exact) mass is 423 g/mol. The first-order chi connectivity index (χ1) is 15.2. The maximum atomic E-state index is 11.9. The molecular weight excluding hydrogens is 406 g/mol. The Morgan fingerprint density at radius 2 is 1.26 bits per heavy atom. The number of aldehydes is 1. The number of hydrogen-bond donors (Lipinski definition) is 0. The average molecular weight is 424 g/mol. The summed E-state index contributed by atoms with van der Waals surface area (Å²) in [5.41, 5.74) is 3.28. The van der Waals surface area contributed by atoms with Crippen molar-refractivity contribution in [2.75, 3.05) is 0 Å². The minimum absolute atomic E-state index is 0.325. The summed E-state index contributed by atoms with van der Waals surface area (Å²) in [5, 5.41) is 5.80. The summed E-state index contributed by atoms with van der Waals surface area (Å²) < 4.78 is 1.90. The van der Waals surface area contributed by atoms with Crippen molar-refractivity contribution in [3.8, 4) is 0 Å². The fourth-order valence-corrected chi connectivity index (χ4v) is 4.41. The fourth-order valence-electron chi connectivity index (χ4n) is 4.26. The van der Waals surface area contributed by atoms with Crippen molar-refractivity contribution >= 4 is 28.8 Å². The molecule has 3 aromatic carbocycles. The van der Waals surface area contributed by atoms with Crippen LogP contribution in [-0.4, -0.2) is 21.1 Å². The molecule has 0 aliphatic heterocycles. The molecule has 4 nitrogen and oxygen atoms in total. The Morgan fingerprint density at radius 3 is 1.71 bits per heavy atom. The van der Waals surface area contributed by atoms with E-state index in [0.717, 1.165) is 28.5 Å². The number of pyridine rings is 1. The highest BCUT2D eigenvalue weighted by Crippen LogP contribution is 2.42. The minimum Gasteiger partial charge on any atom is -0.296 e. The van der Waals surface area contributed by atoms with Crippen LogP contribution in [0.4, 0.5) is 0 Å². The summed E-state index contributed by atoms with van der Waals surface area (Å²) >= 11 is 6.29. The largest absolute Gasteiger partial charge is 0.296 e. The standard InChI is InChI=1S/C26H18ClN3O/c27-25-16-24-22(17-28-25)23(18-31)29-30(24)26(19-10-4-1-5-11-19,20-12-6-2-7-13-20)21-14-8-3-9-15-21/h1-18H. The predicted molar refractivity (Wildman–Crippen MR) is 123 cm³/mol. The van der Waals surface area contributed by atoms with Gasteiger partial charge in [-0.25, -0.2) is 9.67 Å². The van der Waals surface area contributed by atoms with Crippen molar-refractivity contribution in [3.63, 3.8) is 0 Å². The van der Waals surface area contributed by atoms with E-state index in [0.29, 0.717) is 16.2 Å². The fraction of sp³-hybridized carbons (Fsp3) is 0.0385. The Morgan fingerprint density at radius 1 is 0.774 bits per heavy atom. The van der Waals surface area contributed by atoms with Crippen molar-refractivity contribution < 1.29 is 4.79 Å². The number of halogens is 1. The third kappa shape index (κ3) is 3.04. The SMILES string of the molecule is O=Cc1nn(C(c2ccccc2)(c2ccccc2)c2ccccc2)c2cc(Cl)ncc12. The average Bonchev–Trinajstić information content (AvgIpc) is 3.20. The van der Waals surface area contributed by atoms with Gasteiger partial charge in [0.05, 0.1) is 5.52 Å². The van der Waals surface area contributed by atoms with Gasteiger partial charge in [-0.05, 0) is 16.7 Å². The molecule has 0 saturated carbocycles. The van der Waals surface area contributed by atoms with Crippen LogP contribution in [0.1, 0.15) is 27.2 Å². The maximum absolute atomic E-state index is 11.9. The maximum Gasteiger partial charge on any atom is 0.171 e. The molecule has 0 atom stereocenters. The second kappa shape index (κ2) is 7.82. The van der Waals surface area contributed by atoms with Gasteiger partial charge in [0.15, 0.2) is 6.29 Å². The zero-order chi connectivity index (χ0) is 21.3. The molecule has 0 N–H and O–H groups in total. The molecule has 5 rings (SSSR count). The lowest BCUT2D eigenvalue weighted by atomic mass is 9.77. The second-order valence-electron chi connectivity index (χ2n) is 7.25. The lowest BCUT2D eigenvalue weighted by molar-refractivity contribution is 0.111. The third-order valence-electron chi connectivity index (χ3n) is 5.56. The molecule has 0 radical (unpaired) electrons. The van der Waals surface area contributed by atoms with Crippen molar-refractivity contribution in [3.05, 3.63) is 131 Å². The van der Waals surface area contributed by atoms with E-state index >= 15 is 0 Å². The first-order valence-electron chi connectivity index (χ1n) is 9.91. The van der Waals surface area contributed by atoms with Gasteiger partial charge in [0, 0.05) is 17.6 Å². The molecule has 0 spiro atoms. The summed E-state index contributed by atoms with van der Waals surface area (Å²) in [6, 6.07) is 32.3. The third-order valence-corrected chi connectivity index (χ3v) is 5.77. The van der Waals surface area contributed by atoms with E-state index in [1.54, 1.807) is 12.3 Å². The highest BCUT2D eigenvalue weighted by Gasteiger charge is 2.40. The van der Waals surface area contributed by atoms with Crippen LogP contribution >= 0.6 is 11.6 Å². The van der Waals surface area contributed by atoms with Crippen LogP contribution in [0.3, 0.4) is 0 Å². The highest BCUT2D eigenvalue weighted by atomic mass is 35.5. The number of hydrogen-bond acceptors (Lipinski definition) is 3. The van der Waals surface area contributed by atoms with Crippen LogP contribution in [0.15, 0.2) is 103 Å². The van der Waals surface area contributed by atoms with Gasteiger partial charge < -0.3 is 0 Å². The molecule has 5 aromatic rings. The number of benzene rings is 3. The Hall–Kier alpha value is -3.76. The molecule has 31 heavy (non-hydrogen) atoms. The van der Waals surface area contributed by atoms with Crippen LogP contribution in [0, 0.1) is 0 Å². The molecule has 0 aliphatic rings. The minimum atomic E-state index is -0.825. The van der Waals surface area contributed by atoms with Crippen LogP contribution in [0.25, 0.3) is 10.9 Å². The van der Waals surface area contributed by atoms with Crippen LogP contribution in [0.5, 0.6) is 0 Å². The number of nitrogens with zero attached hydrogens (tertiary/aromatic N) is 3. The number of aromatic nitrogens is 3. The van der Waals surface area contributed by atoms with Gasteiger partial charge in [-0.2, -0.15) is 5.10 Å². The summed E-state index contributed by atoms with van der Waals surface area (Å²) in [6.45, 7) is 0. The van der Waals surface area contributed by atoms with Gasteiger partial charge in [0.2, 0.25) is 0 Å². The molecule has 5 heteroatoms. The van der Waals surface area contributed by atoms with Gasteiger partial charge in [-0.3, -0.25) is 4.79 Å². The normalized spacial score (nSPS) is 11.5. The molecule has 2 heterocycles. The van der Waals surface area contributed by atoms with E-state index in [-0.39, 0.29) is 0 Å². The molecule has 0 fully saturated rings. The predicted octanol–water partition coefficient (Wildman–Crippen LogP) is 5.74. The second-order valence-corrected chi connectivity index (χ2v) is 7.63. The zero-order valence-electron chi connectivity index (χ0n) is 16.5. The molecular formula is C26H18ClN3O. The summed E-state index contributed by atoms with van der Waals surface area (Å²) in [5.74, 6) is 0. The van der Waals surface area contributed by atoms with Gasteiger partial charge in [-0.15, -0.1) is 0 Å². The van der Waals surface area contributed by atoms with Crippen molar-refractivity contribution in [1.82, 2.24) is 14.8 Å². The summed E-state index contributed by atoms with van der Waals surface area (Å²) in [6.07, 6.45) is 2.37. The molecule has 0 amide bonds. The van der Waals surface area contributed by atoms with E-state index in [1.807, 2.05) is 59.3 Å². The van der Waals surface area contributed by atoms with Gasteiger partial charge in [-0.1, -0.05) is 103 Å². The Bertz CT molecular complexity index is 1250. The number of rotatable bonds is 5. The van der Waals surface area contributed by atoms with Gasteiger partial charge >= 0.3 is 0 Å². The van der Waals surface area contributed by atoms with Crippen molar-refractivity contribution in [2.24, 2.45) is 0 Å². The molecule has 0 saturated heterocycles. The van der Waals surface area contributed by atoms with E-state index in [2.05, 4.69) is 41.4 Å². The van der Waals surface area contributed by atoms with E-state index < -0.39 is 5.54 Å². The van der Waals surface area contributed by atoms with E-state index in [1.165, 1.54) is 0 Å². The Balaban J connectivity index is 2.01. The number of carbonyl (C=O) groups excluding carboxylic acids is 1. The lowest BCUT2D eigenvalue weighted by Crippen LogP contribution is -2.38.